The quantitative estimate of drug-likeness (QED) is 0.493. The molecular weight excluding hydrogens is 381 g/mol. The first-order valence-corrected chi connectivity index (χ1v) is 7.79. The minimum Gasteiger partial charge on any atom is -0.104 e. The lowest BCUT2D eigenvalue weighted by Crippen LogP contribution is -2.35. The molecular formula is C14H8Cl6. The van der Waals surface area contributed by atoms with Gasteiger partial charge in [0.1, 0.15) is 4.87 Å². The Morgan fingerprint density at radius 1 is 0.650 bits per heavy atom. The number of rotatable bonds is 2. The maximum absolute atomic E-state index is 6.70. The van der Waals surface area contributed by atoms with Crippen LogP contribution in [-0.2, 0) is 4.87 Å². The van der Waals surface area contributed by atoms with Crippen molar-refractivity contribution in [2.45, 2.75) is 8.67 Å². The average molecular weight is 389 g/mol. The van der Waals surface area contributed by atoms with Gasteiger partial charge in [-0.2, -0.15) is 0 Å². The van der Waals surface area contributed by atoms with E-state index in [4.69, 9.17) is 69.6 Å². The second-order valence-corrected chi connectivity index (χ2v) is 7.90. The number of hydrogen-bond donors (Lipinski definition) is 0. The summed E-state index contributed by atoms with van der Waals surface area (Å²) >= 11 is 37.1. The maximum atomic E-state index is 6.70. The zero-order chi connectivity index (χ0) is 15.0. The second kappa shape index (κ2) is 6.12. The van der Waals surface area contributed by atoms with E-state index in [1.807, 2.05) is 0 Å². The zero-order valence-electron chi connectivity index (χ0n) is 9.89. The summed E-state index contributed by atoms with van der Waals surface area (Å²) in [7, 11) is 0. The third kappa shape index (κ3) is 3.16. The first-order chi connectivity index (χ1) is 9.25. The molecule has 0 aliphatic heterocycles. The van der Waals surface area contributed by atoms with Crippen molar-refractivity contribution in [3.63, 3.8) is 0 Å². The summed E-state index contributed by atoms with van der Waals surface area (Å²) in [5, 5.41) is 1.01. The van der Waals surface area contributed by atoms with Gasteiger partial charge in [0, 0.05) is 10.0 Å². The molecule has 0 aliphatic carbocycles. The summed E-state index contributed by atoms with van der Waals surface area (Å²) < 4.78 is -1.79. The van der Waals surface area contributed by atoms with E-state index < -0.39 is 8.67 Å². The van der Waals surface area contributed by atoms with Crippen molar-refractivity contribution in [3.8, 4) is 0 Å². The van der Waals surface area contributed by atoms with Crippen LogP contribution in [0.5, 0.6) is 0 Å². The van der Waals surface area contributed by atoms with Gasteiger partial charge in [-0.15, -0.1) is 11.6 Å². The summed E-state index contributed by atoms with van der Waals surface area (Å²) in [5.41, 5.74) is 1.16. The largest absolute Gasteiger partial charge is 0.217 e. The van der Waals surface area contributed by atoms with Crippen LogP contribution >= 0.6 is 69.6 Å². The van der Waals surface area contributed by atoms with Crippen molar-refractivity contribution in [3.05, 3.63) is 69.7 Å². The third-order valence-corrected chi connectivity index (χ3v) is 5.17. The molecule has 106 valence electrons. The molecule has 0 fully saturated rings. The Balaban J connectivity index is 2.69. The number of halogens is 6. The molecule has 0 saturated heterocycles. The summed E-state index contributed by atoms with van der Waals surface area (Å²) in [6, 6.07) is 13.8. The van der Waals surface area contributed by atoms with E-state index in [9.17, 15) is 0 Å². The highest BCUT2D eigenvalue weighted by atomic mass is 35.6. The molecule has 0 amide bonds. The van der Waals surface area contributed by atoms with Crippen LogP contribution < -0.4 is 0 Å². The number of benzene rings is 2. The van der Waals surface area contributed by atoms with Crippen molar-refractivity contribution in [2.75, 3.05) is 0 Å². The molecule has 0 bridgehead atoms. The molecule has 2 rings (SSSR count). The molecule has 6 heteroatoms. The van der Waals surface area contributed by atoms with Gasteiger partial charge in [-0.1, -0.05) is 82.3 Å². The minimum absolute atomic E-state index is 0.504. The molecule has 0 aromatic heterocycles. The Kier molecular flexibility index (Phi) is 5.07. The smallest absolute Gasteiger partial charge is 0.104 e. The van der Waals surface area contributed by atoms with Gasteiger partial charge in [0.25, 0.3) is 0 Å². The fourth-order valence-corrected chi connectivity index (χ4v) is 3.17. The molecule has 0 radical (unpaired) electrons. The molecule has 0 spiro atoms. The monoisotopic (exact) mass is 386 g/mol. The molecule has 2 aromatic carbocycles. The highest BCUT2D eigenvalue weighted by Crippen LogP contribution is 2.54. The first kappa shape index (κ1) is 16.5. The van der Waals surface area contributed by atoms with Crippen LogP contribution in [0.25, 0.3) is 0 Å². The van der Waals surface area contributed by atoms with Crippen LogP contribution in [0.15, 0.2) is 48.5 Å². The summed E-state index contributed by atoms with van der Waals surface area (Å²) in [5.74, 6) is 0. The molecule has 0 heterocycles. The van der Waals surface area contributed by atoms with Gasteiger partial charge in [-0.3, -0.25) is 0 Å². The van der Waals surface area contributed by atoms with Crippen molar-refractivity contribution in [1.29, 1.82) is 0 Å². The molecule has 0 unspecified atom stereocenters. The Hall–Kier alpha value is 0.180. The summed E-state index contributed by atoms with van der Waals surface area (Å²) in [4.78, 5) is -1.40. The zero-order valence-corrected chi connectivity index (χ0v) is 14.4. The van der Waals surface area contributed by atoms with Crippen LogP contribution in [0.2, 0.25) is 10.0 Å². The fraction of sp³-hybridized carbons (Fsp3) is 0.143. The van der Waals surface area contributed by atoms with Crippen LogP contribution in [-0.4, -0.2) is 3.79 Å². The van der Waals surface area contributed by atoms with Crippen molar-refractivity contribution in [1.82, 2.24) is 0 Å². The van der Waals surface area contributed by atoms with E-state index >= 15 is 0 Å². The van der Waals surface area contributed by atoms with E-state index in [0.29, 0.717) is 21.2 Å². The van der Waals surface area contributed by atoms with Crippen molar-refractivity contribution < 1.29 is 0 Å². The number of hydrogen-bond acceptors (Lipinski definition) is 0. The van der Waals surface area contributed by atoms with E-state index in [0.717, 1.165) is 0 Å². The lowest BCUT2D eigenvalue weighted by Gasteiger charge is -2.35. The van der Waals surface area contributed by atoms with Crippen LogP contribution in [0, 0.1) is 0 Å². The molecule has 0 aliphatic rings. The summed E-state index contributed by atoms with van der Waals surface area (Å²) in [6.45, 7) is 0. The standard InChI is InChI=1S/C14H8Cl6/c15-11-5-1-3-9(7-11)13(17,14(18,19)20)10-4-2-6-12(16)8-10/h1-8H. The van der Waals surface area contributed by atoms with Gasteiger partial charge in [-0.25, -0.2) is 0 Å². The van der Waals surface area contributed by atoms with Gasteiger partial charge in [0.05, 0.1) is 0 Å². The van der Waals surface area contributed by atoms with Crippen molar-refractivity contribution in [2.24, 2.45) is 0 Å². The Morgan fingerprint density at radius 2 is 1.05 bits per heavy atom. The lowest BCUT2D eigenvalue weighted by molar-refractivity contribution is 0.748. The minimum atomic E-state index is -1.79. The predicted octanol–water partition coefficient (Wildman–Crippen LogP) is 6.85. The van der Waals surface area contributed by atoms with Gasteiger partial charge in [0.15, 0.2) is 0 Å². The molecule has 0 atom stereocenters. The van der Waals surface area contributed by atoms with Crippen LogP contribution in [0.4, 0.5) is 0 Å². The normalized spacial score (nSPS) is 12.5. The van der Waals surface area contributed by atoms with Crippen molar-refractivity contribution >= 4 is 69.6 Å². The average Bonchev–Trinajstić information content (AvgIpc) is 2.36. The van der Waals surface area contributed by atoms with E-state index in [-0.39, 0.29) is 0 Å². The first-order valence-electron chi connectivity index (χ1n) is 5.53. The van der Waals surface area contributed by atoms with Gasteiger partial charge < -0.3 is 0 Å². The Bertz CT molecular complexity index is 572. The highest BCUT2D eigenvalue weighted by Gasteiger charge is 2.50. The fourth-order valence-electron chi connectivity index (χ4n) is 1.90. The highest BCUT2D eigenvalue weighted by molar-refractivity contribution is 6.71. The third-order valence-electron chi connectivity index (χ3n) is 2.84. The SMILES string of the molecule is Clc1cccc(C(Cl)(c2cccc(Cl)c2)C(Cl)(Cl)Cl)c1. The topological polar surface area (TPSA) is 0 Å². The van der Waals surface area contributed by atoms with E-state index in [1.165, 1.54) is 0 Å². The van der Waals surface area contributed by atoms with Crippen LogP contribution in [0.3, 0.4) is 0 Å². The molecule has 0 saturated carbocycles. The van der Waals surface area contributed by atoms with Gasteiger partial charge >= 0.3 is 0 Å². The Morgan fingerprint density at radius 3 is 1.35 bits per heavy atom. The van der Waals surface area contributed by atoms with Gasteiger partial charge in [-0.05, 0) is 35.4 Å². The Labute approximate surface area is 147 Å². The maximum Gasteiger partial charge on any atom is 0.217 e. The van der Waals surface area contributed by atoms with E-state index in [1.54, 1.807) is 48.5 Å². The van der Waals surface area contributed by atoms with E-state index in [2.05, 4.69) is 0 Å². The van der Waals surface area contributed by atoms with Crippen LogP contribution in [0.1, 0.15) is 11.1 Å². The number of alkyl halides is 4. The second-order valence-electron chi connectivity index (χ2n) is 4.18. The predicted molar refractivity (Wildman–Crippen MR) is 89.8 cm³/mol. The lowest BCUT2D eigenvalue weighted by atomic mass is 9.91. The molecule has 0 nitrogen and oxygen atoms in total. The molecule has 20 heavy (non-hydrogen) atoms. The molecule has 2 aromatic rings. The molecule has 0 N–H and O–H groups in total. The summed E-state index contributed by atoms with van der Waals surface area (Å²) in [6.07, 6.45) is 0. The van der Waals surface area contributed by atoms with Gasteiger partial charge in [0.2, 0.25) is 3.79 Å².